The Labute approximate surface area is 188 Å². The molecule has 0 fully saturated rings. The molecule has 0 aromatic heterocycles. The molecule has 0 bridgehead atoms. The van der Waals surface area contributed by atoms with Gasteiger partial charge in [-0.25, -0.2) is 0 Å². The van der Waals surface area contributed by atoms with E-state index in [2.05, 4.69) is 26.6 Å². The van der Waals surface area contributed by atoms with Crippen LogP contribution >= 0.6 is 22.6 Å². The van der Waals surface area contributed by atoms with Gasteiger partial charge >= 0.3 is 0 Å². The molecule has 0 aliphatic carbocycles. The summed E-state index contributed by atoms with van der Waals surface area (Å²) >= 11 is 1.52. The highest BCUT2D eigenvalue weighted by atomic mass is 127. The van der Waals surface area contributed by atoms with Crippen LogP contribution in [0.5, 0.6) is 0 Å². The minimum atomic E-state index is -0.606. The van der Waals surface area contributed by atoms with E-state index < -0.39 is 23.6 Å². The Morgan fingerprint density at radius 3 is 1.57 bits per heavy atom. The lowest BCUT2D eigenvalue weighted by atomic mass is 10.1. The molecule has 13 heteroatoms. The molecule has 0 aromatic rings. The summed E-state index contributed by atoms with van der Waals surface area (Å²) in [5, 5.41) is 12.1. The van der Waals surface area contributed by atoms with E-state index in [1.807, 2.05) is 13.8 Å². The summed E-state index contributed by atoms with van der Waals surface area (Å²) in [4.78, 5) is 68.2. The van der Waals surface area contributed by atoms with Crippen LogP contribution < -0.4 is 26.6 Å². The van der Waals surface area contributed by atoms with Crippen molar-refractivity contribution in [3.05, 3.63) is 0 Å². The van der Waals surface area contributed by atoms with E-state index in [1.165, 1.54) is 22.6 Å². The van der Waals surface area contributed by atoms with E-state index >= 15 is 0 Å². The van der Waals surface area contributed by atoms with Gasteiger partial charge in [-0.15, -0.1) is 0 Å². The number of rotatable bonds is 15. The molecule has 0 aromatic carbocycles. The lowest BCUT2D eigenvalue weighted by molar-refractivity contribution is -0.130. The van der Waals surface area contributed by atoms with Gasteiger partial charge in [0.25, 0.3) is 0 Å². The molecule has 0 aliphatic rings. The molecular weight excluding hydrogens is 513 g/mol. The summed E-state index contributed by atoms with van der Waals surface area (Å²) in [6, 6.07) is 0. The second-order valence-electron chi connectivity index (χ2n) is 6.48. The van der Waals surface area contributed by atoms with Gasteiger partial charge in [0.1, 0.15) is 13.2 Å². The van der Waals surface area contributed by atoms with E-state index in [1.54, 1.807) is 0 Å². The average molecular weight is 541 g/mol. The summed E-state index contributed by atoms with van der Waals surface area (Å²) in [5.41, 5.74) is 0. The fourth-order valence-electron chi connectivity index (χ4n) is 1.85. The quantitative estimate of drug-likeness (QED) is 0.0873. The first-order chi connectivity index (χ1) is 14.1. The molecule has 5 amide bonds. The van der Waals surface area contributed by atoms with Crippen molar-refractivity contribution in [1.82, 2.24) is 26.6 Å². The first kappa shape index (κ1) is 27.7. The third-order valence-electron chi connectivity index (χ3n) is 3.15. The van der Waals surface area contributed by atoms with E-state index in [9.17, 15) is 28.8 Å². The average Bonchev–Trinajstić information content (AvgIpc) is 2.65. The monoisotopic (exact) mass is 541 g/mol. The minimum Gasteiger partial charge on any atom is -0.363 e. The molecule has 0 spiro atoms. The van der Waals surface area contributed by atoms with Crippen molar-refractivity contribution >= 4 is 55.9 Å². The topological polar surface area (TPSA) is 172 Å². The van der Waals surface area contributed by atoms with Crippen molar-refractivity contribution in [3.63, 3.8) is 0 Å². The highest BCUT2D eigenvalue weighted by Gasteiger charge is 2.10. The normalized spacial score (nSPS) is 10.1. The van der Waals surface area contributed by atoms with E-state index in [0.29, 0.717) is 6.42 Å². The van der Waals surface area contributed by atoms with Gasteiger partial charge in [0, 0.05) is 42.1 Å². The number of carbonyl (C=O) groups excluding carboxylic acids is 6. The van der Waals surface area contributed by atoms with Gasteiger partial charge in [0.05, 0.1) is 19.6 Å². The number of carbonyl (C=O) groups is 6. The van der Waals surface area contributed by atoms with Gasteiger partial charge in [-0.1, -0.05) is 13.8 Å². The zero-order valence-corrected chi connectivity index (χ0v) is 19.1. The molecule has 0 aliphatic heterocycles. The summed E-state index contributed by atoms with van der Waals surface area (Å²) < 4.78 is 4.52. The smallest absolute Gasteiger partial charge is 0.246 e. The van der Waals surface area contributed by atoms with Crippen molar-refractivity contribution in [2.45, 2.75) is 20.3 Å². The van der Waals surface area contributed by atoms with Crippen LogP contribution in [0, 0.1) is 5.92 Å². The van der Waals surface area contributed by atoms with Gasteiger partial charge in [0.15, 0.2) is 0 Å². The number of hydrogen-bond donors (Lipinski definition) is 5. The van der Waals surface area contributed by atoms with Crippen molar-refractivity contribution < 1.29 is 33.5 Å². The zero-order chi connectivity index (χ0) is 22.9. The molecule has 0 atom stereocenters. The lowest BCUT2D eigenvalue weighted by Gasteiger charge is -2.10. The predicted molar refractivity (Wildman–Crippen MR) is 114 cm³/mol. The minimum absolute atomic E-state index is 0.0947. The van der Waals surface area contributed by atoms with E-state index in [-0.39, 0.29) is 61.6 Å². The van der Waals surface area contributed by atoms with Crippen LogP contribution in [0.3, 0.4) is 0 Å². The van der Waals surface area contributed by atoms with Crippen LogP contribution in [0.1, 0.15) is 20.3 Å². The summed E-state index contributed by atoms with van der Waals surface area (Å²) in [5.74, 6) is -2.06. The summed E-state index contributed by atoms with van der Waals surface area (Å²) in [7, 11) is 0. The summed E-state index contributed by atoms with van der Waals surface area (Å²) in [6.07, 6.45) is 0.409. The Bertz CT molecular complexity index is 628. The molecule has 0 saturated carbocycles. The molecule has 0 unspecified atom stereocenters. The van der Waals surface area contributed by atoms with E-state index in [0.717, 1.165) is 0 Å². The molecule has 5 N–H and O–H groups in total. The largest absolute Gasteiger partial charge is 0.363 e. The van der Waals surface area contributed by atoms with Crippen LogP contribution in [0.4, 0.5) is 0 Å². The highest BCUT2D eigenvalue weighted by molar-refractivity contribution is 14.1. The van der Waals surface area contributed by atoms with Gasteiger partial charge in [-0.05, 0) is 5.92 Å². The van der Waals surface area contributed by atoms with Gasteiger partial charge in [-0.2, -0.15) is 0 Å². The van der Waals surface area contributed by atoms with Gasteiger partial charge in [0.2, 0.25) is 33.3 Å². The van der Waals surface area contributed by atoms with Crippen LogP contribution in [0.25, 0.3) is 0 Å². The maximum absolute atomic E-state index is 11.6. The maximum atomic E-state index is 11.6. The van der Waals surface area contributed by atoms with Crippen LogP contribution in [-0.2, 0) is 33.5 Å². The zero-order valence-electron chi connectivity index (χ0n) is 17.0. The van der Waals surface area contributed by atoms with Gasteiger partial charge < -0.3 is 31.3 Å². The molecule has 170 valence electrons. The van der Waals surface area contributed by atoms with Crippen molar-refractivity contribution in [2.75, 3.05) is 45.9 Å². The molecule has 0 heterocycles. The third-order valence-corrected chi connectivity index (χ3v) is 3.46. The van der Waals surface area contributed by atoms with Crippen LogP contribution in [0.2, 0.25) is 0 Å². The van der Waals surface area contributed by atoms with E-state index in [4.69, 9.17) is 4.74 Å². The third kappa shape index (κ3) is 17.8. The lowest BCUT2D eigenvalue weighted by Crippen LogP contribution is -2.45. The molecule has 12 nitrogen and oxygen atoms in total. The highest BCUT2D eigenvalue weighted by Crippen LogP contribution is 1.97. The van der Waals surface area contributed by atoms with Crippen molar-refractivity contribution in [3.8, 4) is 0 Å². The SMILES string of the molecule is CC(C)CC(=O)NCCNC(=O)CNC(=O)CNC(=O)CNC(=O)COCC(=O)I. The number of hydrogen-bond acceptors (Lipinski definition) is 7. The number of ether oxygens (including phenoxy) is 1. The Hall–Kier alpha value is -2.29. The first-order valence-electron chi connectivity index (χ1n) is 9.19. The second kappa shape index (κ2) is 16.5. The molecule has 0 rings (SSSR count). The predicted octanol–water partition coefficient (Wildman–Crippen LogP) is -2.41. The Balaban J connectivity index is 3.77. The van der Waals surface area contributed by atoms with Crippen LogP contribution in [0.15, 0.2) is 0 Å². The number of amides is 5. The molecular formula is C17H28IN5O7. The summed E-state index contributed by atoms with van der Waals surface area (Å²) in [6.45, 7) is 2.78. The number of halogens is 1. The standard InChI is InChI=1S/C17H28IN5O7/c1-11(2)5-13(25)19-3-4-20-14(26)6-21-15(27)7-22-16(28)8-23-17(29)10-30-9-12(18)24/h11H,3-10H2,1-2H3,(H,19,25)(H,20,26)(H,21,27)(H,22,28)(H,23,29). The molecule has 0 saturated heterocycles. The van der Waals surface area contributed by atoms with Crippen molar-refractivity contribution in [1.29, 1.82) is 0 Å². The first-order valence-corrected chi connectivity index (χ1v) is 10.3. The Morgan fingerprint density at radius 1 is 0.667 bits per heavy atom. The fourth-order valence-corrected chi connectivity index (χ4v) is 2.07. The second-order valence-corrected chi connectivity index (χ2v) is 7.68. The van der Waals surface area contributed by atoms with Gasteiger partial charge in [-0.3, -0.25) is 28.8 Å². The Morgan fingerprint density at radius 2 is 1.10 bits per heavy atom. The molecule has 30 heavy (non-hydrogen) atoms. The van der Waals surface area contributed by atoms with Crippen LogP contribution in [-0.4, -0.2) is 79.3 Å². The maximum Gasteiger partial charge on any atom is 0.246 e. The molecule has 0 radical (unpaired) electrons. The van der Waals surface area contributed by atoms with Crippen molar-refractivity contribution in [2.24, 2.45) is 5.92 Å². The number of nitrogens with one attached hydrogen (secondary N) is 5. The fraction of sp³-hybridized carbons (Fsp3) is 0.647. The Kier molecular flexibility index (Phi) is 15.2.